The maximum absolute atomic E-state index is 5.54. The van der Waals surface area contributed by atoms with Gasteiger partial charge in [0, 0.05) is 20.9 Å². The second-order valence-corrected chi connectivity index (χ2v) is 15.4. The van der Waals surface area contributed by atoms with Crippen LogP contribution < -0.4 is 0 Å². The Balaban J connectivity index is 1.11. The van der Waals surface area contributed by atoms with E-state index in [1.54, 1.807) is 0 Å². The molecule has 9 aromatic carbocycles. The lowest BCUT2D eigenvalue weighted by Gasteiger charge is -2.13. The molecule has 0 bridgehead atoms. The fraction of sp³-hybridized carbons (Fsp3) is 0. The molecule has 12 rings (SSSR count). The lowest BCUT2D eigenvalue weighted by atomic mass is 9.91. The minimum absolute atomic E-state index is 1.01. The highest BCUT2D eigenvalue weighted by molar-refractivity contribution is 7.26. The van der Waals surface area contributed by atoms with Crippen molar-refractivity contribution in [3.05, 3.63) is 182 Å². The minimum Gasteiger partial charge on any atom is -0.291 e. The maximum atomic E-state index is 5.54. The Bertz CT molecular complexity index is 3480. The molecular weight excluding hydrogens is 673 g/mol. The third kappa shape index (κ3) is 4.30. The number of pyridine rings is 1. The summed E-state index contributed by atoms with van der Waals surface area (Å²) in [6.07, 6.45) is 0. The number of benzene rings is 9. The first-order valence-corrected chi connectivity index (χ1v) is 19.3. The molecule has 54 heavy (non-hydrogen) atoms. The fourth-order valence-corrected chi connectivity index (χ4v) is 9.98. The number of hydrogen-bond acceptors (Lipinski definition) is 2. The van der Waals surface area contributed by atoms with Gasteiger partial charge < -0.3 is 0 Å². The van der Waals surface area contributed by atoms with Crippen LogP contribution in [0.2, 0.25) is 0 Å². The second kappa shape index (κ2) is 11.3. The number of thiophene rings is 1. The van der Waals surface area contributed by atoms with Gasteiger partial charge in [-0.3, -0.25) is 4.40 Å². The summed E-state index contributed by atoms with van der Waals surface area (Å²) in [5.41, 5.74) is 10.4. The van der Waals surface area contributed by atoms with Crippen LogP contribution in [0.1, 0.15) is 0 Å². The Morgan fingerprint density at radius 2 is 1.00 bits per heavy atom. The molecule has 2 nitrogen and oxygen atoms in total. The second-order valence-electron chi connectivity index (χ2n) is 14.3. The third-order valence-electron chi connectivity index (χ3n) is 11.4. The van der Waals surface area contributed by atoms with E-state index in [1.807, 2.05) is 11.3 Å². The third-order valence-corrected chi connectivity index (χ3v) is 12.5. The van der Waals surface area contributed by atoms with Crippen LogP contribution in [0.3, 0.4) is 0 Å². The van der Waals surface area contributed by atoms with Gasteiger partial charge in [0.15, 0.2) is 5.65 Å². The number of hydrogen-bond donors (Lipinski definition) is 0. The summed E-state index contributed by atoms with van der Waals surface area (Å²) < 4.78 is 4.91. The zero-order valence-corrected chi connectivity index (χ0v) is 29.9. The summed E-state index contributed by atoms with van der Waals surface area (Å²) >= 11 is 1.85. The summed E-state index contributed by atoms with van der Waals surface area (Å²) in [6, 6.07) is 66.7. The van der Waals surface area contributed by atoms with Gasteiger partial charge in [-0.05, 0) is 89.8 Å². The molecule has 0 aliphatic heterocycles. The largest absolute Gasteiger partial charge is 0.291 e. The quantitative estimate of drug-likeness (QED) is 0.168. The van der Waals surface area contributed by atoms with Crippen LogP contribution in [0.5, 0.6) is 0 Å². The highest BCUT2D eigenvalue weighted by atomic mass is 32.1. The monoisotopic (exact) mass is 702 g/mol. The van der Waals surface area contributed by atoms with Gasteiger partial charge in [-0.15, -0.1) is 11.3 Å². The molecule has 0 unspecified atom stereocenters. The van der Waals surface area contributed by atoms with Crippen molar-refractivity contribution in [3.8, 4) is 33.5 Å². The Hall–Kier alpha value is -6.81. The average Bonchev–Trinajstić information content (AvgIpc) is 3.81. The van der Waals surface area contributed by atoms with Crippen LogP contribution in [0.4, 0.5) is 0 Å². The molecule has 0 atom stereocenters. The molecule has 3 aromatic heterocycles. The summed E-state index contributed by atoms with van der Waals surface area (Å²) in [7, 11) is 0. The topological polar surface area (TPSA) is 17.3 Å². The standard InChI is InChI=1S/C51H30N2S/c1-2-10-31(11-3-1)38-24-25-39(41-17-9-8-16-40(38)41)33-18-20-34(21-19-33)47-30-45-44-28-35-13-4-5-14-36(35)29-48(44)54-50(45)51-52-49-43-23-22-32-12-6-7-15-37(32)42(43)26-27-46(49)53(47)51/h1-30H. The molecule has 0 saturated heterocycles. The molecule has 3 heteroatoms. The molecule has 0 amide bonds. The first-order valence-electron chi connectivity index (χ1n) is 18.5. The van der Waals surface area contributed by atoms with Crippen molar-refractivity contribution in [1.82, 2.24) is 9.38 Å². The van der Waals surface area contributed by atoms with Crippen molar-refractivity contribution in [2.24, 2.45) is 0 Å². The van der Waals surface area contributed by atoms with Gasteiger partial charge in [0.1, 0.15) is 0 Å². The van der Waals surface area contributed by atoms with Gasteiger partial charge >= 0.3 is 0 Å². The van der Waals surface area contributed by atoms with Crippen molar-refractivity contribution in [1.29, 1.82) is 0 Å². The lowest BCUT2D eigenvalue weighted by Crippen LogP contribution is -1.93. The van der Waals surface area contributed by atoms with Gasteiger partial charge in [-0.2, -0.15) is 0 Å². The van der Waals surface area contributed by atoms with Crippen LogP contribution in [-0.4, -0.2) is 9.38 Å². The Labute approximate surface area is 314 Å². The van der Waals surface area contributed by atoms with E-state index in [4.69, 9.17) is 4.98 Å². The molecule has 12 aromatic rings. The molecule has 0 fully saturated rings. The van der Waals surface area contributed by atoms with Crippen molar-refractivity contribution < 1.29 is 0 Å². The molecule has 0 spiro atoms. The predicted octanol–water partition coefficient (Wildman–Crippen LogP) is 14.5. The van der Waals surface area contributed by atoms with Crippen LogP contribution in [-0.2, 0) is 0 Å². The molecule has 0 saturated carbocycles. The van der Waals surface area contributed by atoms with Crippen molar-refractivity contribution >= 4 is 91.3 Å². The number of rotatable bonds is 3. The first kappa shape index (κ1) is 29.7. The van der Waals surface area contributed by atoms with Gasteiger partial charge in [-0.1, -0.05) is 158 Å². The van der Waals surface area contributed by atoms with Crippen LogP contribution >= 0.6 is 11.3 Å². The average molecular weight is 703 g/mol. The number of fused-ring (bicyclic) bond motifs is 13. The summed E-state index contributed by atoms with van der Waals surface area (Å²) in [5, 5.41) is 12.5. The van der Waals surface area contributed by atoms with Gasteiger partial charge in [-0.25, -0.2) is 4.98 Å². The minimum atomic E-state index is 1.01. The van der Waals surface area contributed by atoms with E-state index in [1.165, 1.54) is 85.5 Å². The Morgan fingerprint density at radius 1 is 0.389 bits per heavy atom. The van der Waals surface area contributed by atoms with Gasteiger partial charge in [0.05, 0.1) is 21.4 Å². The van der Waals surface area contributed by atoms with Gasteiger partial charge in [0.25, 0.3) is 0 Å². The molecule has 0 radical (unpaired) electrons. The van der Waals surface area contributed by atoms with E-state index in [0.717, 1.165) is 27.9 Å². The number of aromatic nitrogens is 2. The van der Waals surface area contributed by atoms with Crippen molar-refractivity contribution in [2.45, 2.75) is 0 Å². The molecular formula is C51H30N2S. The first-order chi connectivity index (χ1) is 26.8. The highest BCUT2D eigenvalue weighted by Gasteiger charge is 2.20. The summed E-state index contributed by atoms with van der Waals surface area (Å²) in [4.78, 5) is 5.54. The van der Waals surface area contributed by atoms with Crippen molar-refractivity contribution in [2.75, 3.05) is 0 Å². The van der Waals surface area contributed by atoms with E-state index < -0.39 is 0 Å². The van der Waals surface area contributed by atoms with Gasteiger partial charge in [0.2, 0.25) is 0 Å². The normalized spacial score (nSPS) is 12.1. The molecule has 0 N–H and O–H groups in total. The maximum Gasteiger partial charge on any atom is 0.156 e. The van der Waals surface area contributed by atoms with E-state index in [-0.39, 0.29) is 0 Å². The van der Waals surface area contributed by atoms with Crippen LogP contribution in [0.25, 0.3) is 113 Å². The molecule has 0 aliphatic carbocycles. The fourth-order valence-electron chi connectivity index (χ4n) is 8.79. The zero-order valence-electron chi connectivity index (χ0n) is 29.1. The molecule has 250 valence electrons. The van der Waals surface area contributed by atoms with Crippen LogP contribution in [0.15, 0.2) is 182 Å². The van der Waals surface area contributed by atoms with Crippen LogP contribution in [0, 0.1) is 0 Å². The summed E-state index contributed by atoms with van der Waals surface area (Å²) in [5.74, 6) is 0. The number of nitrogens with zero attached hydrogens (tertiary/aromatic N) is 2. The predicted molar refractivity (Wildman–Crippen MR) is 232 cm³/mol. The highest BCUT2D eigenvalue weighted by Crippen LogP contribution is 2.44. The van der Waals surface area contributed by atoms with E-state index in [2.05, 4.69) is 186 Å². The molecule has 3 heterocycles. The van der Waals surface area contributed by atoms with E-state index in [9.17, 15) is 0 Å². The zero-order chi connectivity index (χ0) is 35.3. The number of imidazole rings is 1. The SMILES string of the molecule is c1ccc(-c2ccc(-c3ccc(-c4cc5c6cc7ccccc7cc6sc5c5nc6c7ccc8ccccc8c7ccc6n45)cc3)c3ccccc23)cc1. The summed E-state index contributed by atoms with van der Waals surface area (Å²) in [6.45, 7) is 0. The van der Waals surface area contributed by atoms with E-state index in [0.29, 0.717) is 0 Å². The Morgan fingerprint density at radius 3 is 1.76 bits per heavy atom. The van der Waals surface area contributed by atoms with Crippen molar-refractivity contribution in [3.63, 3.8) is 0 Å². The molecule has 0 aliphatic rings. The smallest absolute Gasteiger partial charge is 0.156 e. The van der Waals surface area contributed by atoms with E-state index >= 15 is 0 Å². The lowest BCUT2D eigenvalue weighted by molar-refractivity contribution is 1.25. The Kier molecular flexibility index (Phi) is 6.25.